The van der Waals surface area contributed by atoms with Crippen LogP contribution in [-0.4, -0.2) is 17.8 Å². The largest absolute Gasteiger partial charge is 0.459 e. The van der Waals surface area contributed by atoms with Crippen LogP contribution in [0.5, 0.6) is 0 Å². The first kappa shape index (κ1) is 11.4. The molecule has 15 heavy (non-hydrogen) atoms. The van der Waals surface area contributed by atoms with Crippen LogP contribution in [0.2, 0.25) is 0 Å². The summed E-state index contributed by atoms with van der Waals surface area (Å²) in [5.74, 6) is -0.777. The van der Waals surface area contributed by atoms with E-state index in [0.29, 0.717) is 0 Å². The van der Waals surface area contributed by atoms with Gasteiger partial charge in [-0.1, -0.05) is 30.3 Å². The molecule has 0 heterocycles. The van der Waals surface area contributed by atoms with Gasteiger partial charge >= 0.3 is 5.97 Å². The summed E-state index contributed by atoms with van der Waals surface area (Å²) in [6.07, 6.45) is 1.43. The first-order valence-corrected chi connectivity index (χ1v) is 4.45. The van der Waals surface area contributed by atoms with Crippen molar-refractivity contribution in [3.8, 4) is 0 Å². The van der Waals surface area contributed by atoms with Gasteiger partial charge in [0.25, 0.3) is 0 Å². The van der Waals surface area contributed by atoms with Crippen LogP contribution in [0.3, 0.4) is 0 Å². The molecule has 0 spiro atoms. The maximum Gasteiger partial charge on any atom is 0.334 e. The molecular formula is C11H12NO3. The Morgan fingerprint density at radius 2 is 2.07 bits per heavy atom. The maximum atomic E-state index is 11.3. The van der Waals surface area contributed by atoms with E-state index in [1.165, 1.54) is 13.2 Å². The summed E-state index contributed by atoms with van der Waals surface area (Å²) in [5, 5.41) is 0. The number of benzene rings is 1. The molecule has 0 aliphatic carbocycles. The molecule has 1 radical (unpaired) electrons. The lowest BCUT2D eigenvalue weighted by Crippen LogP contribution is -2.47. The summed E-state index contributed by atoms with van der Waals surface area (Å²) in [5.41, 5.74) is 4.48. The first-order chi connectivity index (χ1) is 7.06. The number of rotatable bonds is 4. The molecule has 2 N–H and O–H groups in total. The van der Waals surface area contributed by atoms with Crippen molar-refractivity contribution in [3.63, 3.8) is 0 Å². The Morgan fingerprint density at radius 1 is 1.47 bits per heavy atom. The van der Waals surface area contributed by atoms with Gasteiger partial charge in [0.15, 0.2) is 5.54 Å². The van der Waals surface area contributed by atoms with E-state index in [1.54, 1.807) is 0 Å². The quantitative estimate of drug-likeness (QED) is 0.577. The van der Waals surface area contributed by atoms with Crippen molar-refractivity contribution < 1.29 is 14.3 Å². The Hall–Kier alpha value is -1.68. The van der Waals surface area contributed by atoms with E-state index in [9.17, 15) is 9.59 Å². The molecule has 4 nitrogen and oxygen atoms in total. The van der Waals surface area contributed by atoms with E-state index in [0.717, 1.165) is 5.56 Å². The summed E-state index contributed by atoms with van der Waals surface area (Å²) in [6, 6.07) is 9.14. The van der Waals surface area contributed by atoms with E-state index in [4.69, 9.17) is 10.5 Å². The Kier molecular flexibility index (Phi) is 3.57. The topological polar surface area (TPSA) is 69.4 Å². The molecule has 1 rings (SSSR count). The third-order valence-corrected chi connectivity index (χ3v) is 1.85. The van der Waals surface area contributed by atoms with Crippen LogP contribution in [0, 0.1) is 0 Å². The molecule has 0 aliphatic heterocycles. The molecule has 1 atom stereocenters. The van der Waals surface area contributed by atoms with Crippen LogP contribution < -0.4 is 5.73 Å². The second kappa shape index (κ2) is 4.70. The lowest BCUT2D eigenvalue weighted by atomic mass is 10.1. The van der Waals surface area contributed by atoms with E-state index in [1.807, 2.05) is 30.3 Å². The second-order valence-corrected chi connectivity index (χ2v) is 3.37. The van der Waals surface area contributed by atoms with Crippen molar-refractivity contribution in [2.24, 2.45) is 5.73 Å². The molecule has 0 fully saturated rings. The third kappa shape index (κ3) is 3.18. The molecule has 4 heteroatoms. The highest BCUT2D eigenvalue weighted by Gasteiger charge is 2.30. The van der Waals surface area contributed by atoms with Crippen molar-refractivity contribution in [1.29, 1.82) is 0 Å². The van der Waals surface area contributed by atoms with Crippen LogP contribution in [0.25, 0.3) is 0 Å². The molecule has 1 aromatic carbocycles. The summed E-state index contributed by atoms with van der Waals surface area (Å²) < 4.78 is 4.86. The van der Waals surface area contributed by atoms with Crippen molar-refractivity contribution >= 4 is 12.3 Å². The molecule has 0 saturated carbocycles. The zero-order valence-electron chi connectivity index (χ0n) is 8.40. The molecule has 0 aliphatic rings. The molecule has 0 bridgehead atoms. The Bertz CT molecular complexity index is 346. The van der Waals surface area contributed by atoms with Gasteiger partial charge in [-0.25, -0.2) is 4.79 Å². The van der Waals surface area contributed by atoms with Gasteiger partial charge in [-0.3, -0.25) is 4.79 Å². The van der Waals surface area contributed by atoms with Gasteiger partial charge in [0, 0.05) is 0 Å². The average molecular weight is 206 g/mol. The normalized spacial score (nSPS) is 14.0. The summed E-state index contributed by atoms with van der Waals surface area (Å²) in [6.45, 7) is 1.36. The fourth-order valence-corrected chi connectivity index (χ4v) is 0.915. The summed E-state index contributed by atoms with van der Waals surface area (Å²) >= 11 is 0. The Morgan fingerprint density at radius 3 is 2.60 bits per heavy atom. The lowest BCUT2D eigenvalue weighted by Gasteiger charge is -2.14. The van der Waals surface area contributed by atoms with E-state index in [-0.39, 0.29) is 6.61 Å². The highest BCUT2D eigenvalue weighted by molar-refractivity contribution is 5.97. The van der Waals surface area contributed by atoms with Crippen LogP contribution >= 0.6 is 0 Å². The number of nitrogens with two attached hydrogens (primary N) is 1. The number of carbonyl (C=O) groups excluding carboxylic acids is 2. The minimum absolute atomic E-state index is 0.105. The molecular weight excluding hydrogens is 194 g/mol. The molecule has 79 valence electrons. The maximum absolute atomic E-state index is 11.3. The highest BCUT2D eigenvalue weighted by Crippen LogP contribution is 2.04. The van der Waals surface area contributed by atoms with E-state index in [2.05, 4.69) is 0 Å². The van der Waals surface area contributed by atoms with Crippen molar-refractivity contribution in [1.82, 2.24) is 0 Å². The predicted octanol–water partition coefficient (Wildman–Crippen LogP) is 0.557. The van der Waals surface area contributed by atoms with E-state index < -0.39 is 11.5 Å². The molecule has 0 unspecified atom stereocenters. The molecule has 1 aromatic rings. The zero-order valence-corrected chi connectivity index (χ0v) is 8.40. The number of esters is 1. The van der Waals surface area contributed by atoms with E-state index >= 15 is 0 Å². The average Bonchev–Trinajstić information content (AvgIpc) is 2.27. The van der Waals surface area contributed by atoms with Gasteiger partial charge in [0.1, 0.15) is 6.61 Å². The van der Waals surface area contributed by atoms with Crippen LogP contribution in [-0.2, 0) is 20.9 Å². The van der Waals surface area contributed by atoms with Crippen LogP contribution in [0.1, 0.15) is 12.5 Å². The standard InChI is InChI=1S/C11H12NO3/c1-11(12,8-13)10(14)15-7-9-5-3-2-4-6-9/h2-6H,7,12H2,1H3/t11-/m0/s1. The lowest BCUT2D eigenvalue weighted by molar-refractivity contribution is -0.148. The molecule has 0 aromatic heterocycles. The minimum atomic E-state index is -1.69. The summed E-state index contributed by atoms with van der Waals surface area (Å²) in [4.78, 5) is 21.6. The monoisotopic (exact) mass is 206 g/mol. The smallest absolute Gasteiger partial charge is 0.334 e. The second-order valence-electron chi connectivity index (χ2n) is 3.37. The van der Waals surface area contributed by atoms with Gasteiger partial charge in [0.05, 0.1) is 0 Å². The SMILES string of the molecule is C[C@](N)([C]=O)C(=O)OCc1ccccc1. The Labute approximate surface area is 88.0 Å². The number of ether oxygens (including phenoxy) is 1. The van der Waals surface area contributed by atoms with Gasteiger partial charge in [0.2, 0.25) is 6.29 Å². The van der Waals surface area contributed by atoms with Crippen LogP contribution in [0.4, 0.5) is 0 Å². The van der Waals surface area contributed by atoms with Crippen LogP contribution in [0.15, 0.2) is 30.3 Å². The van der Waals surface area contributed by atoms with Gasteiger partial charge in [-0.05, 0) is 12.5 Å². The number of carbonyl (C=O) groups is 1. The molecule has 0 saturated heterocycles. The van der Waals surface area contributed by atoms with Gasteiger partial charge in [-0.15, -0.1) is 0 Å². The first-order valence-electron chi connectivity index (χ1n) is 4.45. The predicted molar refractivity (Wildman–Crippen MR) is 54.5 cm³/mol. The van der Waals surface area contributed by atoms with Crippen molar-refractivity contribution in [2.75, 3.05) is 0 Å². The highest BCUT2D eigenvalue weighted by atomic mass is 16.5. The van der Waals surface area contributed by atoms with Gasteiger partial charge in [-0.2, -0.15) is 0 Å². The fourth-order valence-electron chi connectivity index (χ4n) is 0.915. The number of hydrogen-bond donors (Lipinski definition) is 1. The third-order valence-electron chi connectivity index (χ3n) is 1.85. The van der Waals surface area contributed by atoms with Gasteiger partial charge < -0.3 is 10.5 Å². The molecule has 0 amide bonds. The minimum Gasteiger partial charge on any atom is -0.459 e. The fraction of sp³-hybridized carbons (Fsp3) is 0.273. The number of hydrogen-bond acceptors (Lipinski definition) is 4. The summed E-state index contributed by atoms with van der Waals surface area (Å²) in [7, 11) is 0. The Balaban J connectivity index is 2.52. The zero-order chi connectivity index (χ0) is 11.3. The van der Waals surface area contributed by atoms with Crippen molar-refractivity contribution in [2.45, 2.75) is 19.1 Å². The van der Waals surface area contributed by atoms with Crippen molar-refractivity contribution in [3.05, 3.63) is 35.9 Å².